The van der Waals surface area contributed by atoms with Gasteiger partial charge in [0, 0.05) is 50.2 Å². The Labute approximate surface area is 129 Å². The van der Waals surface area contributed by atoms with E-state index in [9.17, 15) is 0 Å². The molecule has 4 heterocycles. The van der Waals surface area contributed by atoms with Crippen molar-refractivity contribution in [3.8, 4) is 11.3 Å². The number of thiazole rings is 1. The highest BCUT2D eigenvalue weighted by molar-refractivity contribution is 7.10. The van der Waals surface area contributed by atoms with Crippen LogP contribution in [0.4, 0.5) is 0 Å². The van der Waals surface area contributed by atoms with Gasteiger partial charge in [-0.1, -0.05) is 18.2 Å². The van der Waals surface area contributed by atoms with E-state index in [1.165, 1.54) is 36.8 Å². The Morgan fingerprint density at radius 3 is 2.81 bits per heavy atom. The Bertz CT molecular complexity index is 631. The first-order valence-electron chi connectivity index (χ1n) is 7.55. The molecule has 3 fully saturated rings. The lowest BCUT2D eigenvalue weighted by atomic mass is 10.1. The van der Waals surface area contributed by atoms with Gasteiger partial charge in [-0.2, -0.15) is 0 Å². The fraction of sp³-hybridized carbons (Fsp3) is 0.438. The standard InChI is InChI=1S/C16H20N4S/c17-9-12-2-1-3-13(8-12)14-11-21-16(18-14)15-10-19-4-6-20(15)7-5-19/h1-3,8,11,15H,4-7,9-10,17H2. The number of fused-ring (bicyclic) bond motifs is 3. The molecule has 3 aliphatic rings. The molecule has 0 amide bonds. The zero-order valence-electron chi connectivity index (χ0n) is 12.0. The zero-order valence-corrected chi connectivity index (χ0v) is 12.9. The summed E-state index contributed by atoms with van der Waals surface area (Å²) in [6.07, 6.45) is 0. The van der Waals surface area contributed by atoms with Gasteiger partial charge in [-0.05, 0) is 11.6 Å². The van der Waals surface area contributed by atoms with Gasteiger partial charge in [0.15, 0.2) is 0 Å². The molecule has 4 nitrogen and oxygen atoms in total. The lowest BCUT2D eigenvalue weighted by Gasteiger charge is -2.46. The van der Waals surface area contributed by atoms with Crippen LogP contribution in [0.1, 0.15) is 16.6 Å². The summed E-state index contributed by atoms with van der Waals surface area (Å²) in [5.41, 5.74) is 9.15. The summed E-state index contributed by atoms with van der Waals surface area (Å²) in [5.74, 6) is 0. The van der Waals surface area contributed by atoms with E-state index in [0.717, 1.165) is 17.8 Å². The SMILES string of the molecule is NCc1cccc(-c2csc(C3CN4CCN3CC4)n2)c1. The fourth-order valence-electron chi connectivity index (χ4n) is 3.28. The zero-order chi connectivity index (χ0) is 14.2. The third-order valence-corrected chi connectivity index (χ3v) is 5.49. The quantitative estimate of drug-likeness (QED) is 0.941. The lowest BCUT2D eigenvalue weighted by Crippen LogP contribution is -2.56. The molecule has 1 aromatic heterocycles. The van der Waals surface area contributed by atoms with Gasteiger partial charge in [-0.15, -0.1) is 11.3 Å². The number of nitrogens with zero attached hydrogens (tertiary/aromatic N) is 3. The predicted octanol–water partition coefficient (Wildman–Crippen LogP) is 1.94. The van der Waals surface area contributed by atoms with Crippen LogP contribution in [0.25, 0.3) is 11.3 Å². The van der Waals surface area contributed by atoms with Crippen LogP contribution in [0.3, 0.4) is 0 Å². The van der Waals surface area contributed by atoms with Crippen LogP contribution in [0.5, 0.6) is 0 Å². The highest BCUT2D eigenvalue weighted by Crippen LogP contribution is 2.33. The van der Waals surface area contributed by atoms with Crippen molar-refractivity contribution < 1.29 is 0 Å². The molecule has 0 spiro atoms. The molecule has 1 unspecified atom stereocenters. The van der Waals surface area contributed by atoms with E-state index in [1.54, 1.807) is 11.3 Å². The minimum absolute atomic E-state index is 0.490. The summed E-state index contributed by atoms with van der Waals surface area (Å²) >= 11 is 1.79. The predicted molar refractivity (Wildman–Crippen MR) is 86.2 cm³/mol. The first-order valence-corrected chi connectivity index (χ1v) is 8.42. The van der Waals surface area contributed by atoms with Crippen LogP contribution in [-0.4, -0.2) is 47.5 Å². The minimum atomic E-state index is 0.490. The van der Waals surface area contributed by atoms with E-state index in [2.05, 4.69) is 39.4 Å². The summed E-state index contributed by atoms with van der Waals surface area (Å²) in [6.45, 7) is 6.51. The minimum Gasteiger partial charge on any atom is -0.326 e. The van der Waals surface area contributed by atoms with Gasteiger partial charge >= 0.3 is 0 Å². The second-order valence-electron chi connectivity index (χ2n) is 5.83. The summed E-state index contributed by atoms with van der Waals surface area (Å²) in [6, 6.07) is 8.89. The van der Waals surface area contributed by atoms with E-state index in [-0.39, 0.29) is 0 Å². The molecule has 0 aliphatic carbocycles. The average molecular weight is 300 g/mol. The number of hydrogen-bond donors (Lipinski definition) is 1. The maximum absolute atomic E-state index is 5.73. The normalized spacial score (nSPS) is 28.0. The summed E-state index contributed by atoms with van der Waals surface area (Å²) in [5, 5.41) is 3.44. The van der Waals surface area contributed by atoms with E-state index < -0.39 is 0 Å². The molecule has 2 aromatic rings. The monoisotopic (exact) mass is 300 g/mol. The molecule has 110 valence electrons. The van der Waals surface area contributed by atoms with Gasteiger partial charge in [0.05, 0.1) is 11.7 Å². The van der Waals surface area contributed by atoms with Crippen molar-refractivity contribution in [1.82, 2.24) is 14.8 Å². The third kappa shape index (κ3) is 2.51. The first-order chi connectivity index (χ1) is 10.3. The Morgan fingerprint density at radius 2 is 2.10 bits per heavy atom. The number of hydrogen-bond acceptors (Lipinski definition) is 5. The van der Waals surface area contributed by atoms with Crippen LogP contribution in [0, 0.1) is 0 Å². The molecule has 21 heavy (non-hydrogen) atoms. The highest BCUT2D eigenvalue weighted by atomic mass is 32.1. The van der Waals surface area contributed by atoms with E-state index in [4.69, 9.17) is 10.7 Å². The van der Waals surface area contributed by atoms with Crippen LogP contribution in [-0.2, 0) is 6.54 Å². The Balaban J connectivity index is 1.60. The number of nitrogens with two attached hydrogens (primary N) is 1. The molecule has 2 bridgehead atoms. The van der Waals surface area contributed by atoms with Gasteiger partial charge in [-0.25, -0.2) is 4.98 Å². The highest BCUT2D eigenvalue weighted by Gasteiger charge is 2.34. The molecule has 3 saturated heterocycles. The molecule has 1 atom stereocenters. The summed E-state index contributed by atoms with van der Waals surface area (Å²) < 4.78 is 0. The van der Waals surface area contributed by atoms with Crippen LogP contribution >= 0.6 is 11.3 Å². The fourth-order valence-corrected chi connectivity index (χ4v) is 4.24. The first kappa shape index (κ1) is 13.4. The number of benzene rings is 1. The Kier molecular flexibility index (Phi) is 3.51. The van der Waals surface area contributed by atoms with Crippen molar-refractivity contribution in [2.45, 2.75) is 12.6 Å². The van der Waals surface area contributed by atoms with Gasteiger partial charge in [-0.3, -0.25) is 9.80 Å². The van der Waals surface area contributed by atoms with E-state index in [1.807, 2.05) is 0 Å². The summed E-state index contributed by atoms with van der Waals surface area (Å²) in [4.78, 5) is 10.0. The molecular formula is C16H20N4S. The smallest absolute Gasteiger partial charge is 0.112 e. The molecule has 1 aromatic carbocycles. The van der Waals surface area contributed by atoms with Gasteiger partial charge in [0.25, 0.3) is 0 Å². The van der Waals surface area contributed by atoms with Crippen molar-refractivity contribution in [1.29, 1.82) is 0 Å². The molecule has 0 saturated carbocycles. The van der Waals surface area contributed by atoms with Crippen LogP contribution in [0.15, 0.2) is 29.6 Å². The van der Waals surface area contributed by atoms with Gasteiger partial charge in [0.1, 0.15) is 5.01 Å². The Morgan fingerprint density at radius 1 is 1.24 bits per heavy atom. The average Bonchev–Trinajstić information content (AvgIpc) is 3.06. The summed E-state index contributed by atoms with van der Waals surface area (Å²) in [7, 11) is 0. The van der Waals surface area contributed by atoms with Crippen molar-refractivity contribution >= 4 is 11.3 Å². The number of rotatable bonds is 3. The van der Waals surface area contributed by atoms with Gasteiger partial charge < -0.3 is 5.73 Å². The van der Waals surface area contributed by atoms with Gasteiger partial charge in [0.2, 0.25) is 0 Å². The number of aromatic nitrogens is 1. The molecule has 2 N–H and O–H groups in total. The molecule has 0 radical (unpaired) electrons. The second kappa shape index (κ2) is 5.50. The van der Waals surface area contributed by atoms with Crippen molar-refractivity contribution in [2.75, 3.05) is 32.7 Å². The Hall–Kier alpha value is -1.27. The topological polar surface area (TPSA) is 45.4 Å². The van der Waals surface area contributed by atoms with E-state index in [0.29, 0.717) is 12.6 Å². The van der Waals surface area contributed by atoms with E-state index >= 15 is 0 Å². The largest absolute Gasteiger partial charge is 0.326 e. The molecule has 5 rings (SSSR count). The second-order valence-corrected chi connectivity index (χ2v) is 6.72. The van der Waals surface area contributed by atoms with Crippen molar-refractivity contribution in [3.05, 3.63) is 40.2 Å². The number of piperazine rings is 3. The molecular weight excluding hydrogens is 280 g/mol. The molecule has 5 heteroatoms. The third-order valence-electron chi connectivity index (χ3n) is 4.54. The molecule has 3 aliphatic heterocycles. The maximum atomic E-state index is 5.73. The van der Waals surface area contributed by atoms with Crippen molar-refractivity contribution in [3.63, 3.8) is 0 Å². The van der Waals surface area contributed by atoms with Crippen LogP contribution < -0.4 is 5.73 Å². The lowest BCUT2D eigenvalue weighted by molar-refractivity contribution is 0.0123. The van der Waals surface area contributed by atoms with Crippen molar-refractivity contribution in [2.24, 2.45) is 5.73 Å². The maximum Gasteiger partial charge on any atom is 0.112 e. The van der Waals surface area contributed by atoms with Crippen LogP contribution in [0.2, 0.25) is 0 Å².